The molecule has 0 aliphatic carbocycles. The minimum absolute atomic E-state index is 0.0282. The molecule has 3 saturated heterocycles. The zero-order chi connectivity index (χ0) is 15.7. The summed E-state index contributed by atoms with van der Waals surface area (Å²) in [4.78, 5) is 18.7. The number of carbonyl (C=O) groups is 1. The number of thiazole rings is 1. The SMILES string of the molecule is CCCS(=O)(=O)N1C[C@@H]2CC[C@H](C1)N(Cc1cscn1)C2=O. The van der Waals surface area contributed by atoms with Crippen molar-refractivity contribution in [2.75, 3.05) is 18.8 Å². The van der Waals surface area contributed by atoms with E-state index in [1.165, 1.54) is 15.6 Å². The number of carbonyl (C=O) groups excluding carboxylic acids is 1. The summed E-state index contributed by atoms with van der Waals surface area (Å²) in [7, 11) is -3.25. The molecule has 0 aromatic carbocycles. The summed E-state index contributed by atoms with van der Waals surface area (Å²) in [5.74, 6) is 0.0367. The Kier molecular flexibility index (Phi) is 4.52. The lowest BCUT2D eigenvalue weighted by atomic mass is 9.94. The predicted octanol–water partition coefficient (Wildman–Crippen LogP) is 1.31. The Morgan fingerprint density at radius 2 is 2.18 bits per heavy atom. The van der Waals surface area contributed by atoms with Crippen molar-refractivity contribution in [1.29, 1.82) is 0 Å². The molecule has 0 N–H and O–H groups in total. The van der Waals surface area contributed by atoms with Crippen molar-refractivity contribution < 1.29 is 13.2 Å². The second-order valence-electron chi connectivity index (χ2n) is 6.01. The van der Waals surface area contributed by atoms with E-state index in [2.05, 4.69) is 4.98 Å². The minimum Gasteiger partial charge on any atom is -0.332 e. The van der Waals surface area contributed by atoms with Gasteiger partial charge in [-0.15, -0.1) is 11.3 Å². The summed E-state index contributed by atoms with van der Waals surface area (Å²) in [5.41, 5.74) is 2.64. The zero-order valence-corrected chi connectivity index (χ0v) is 14.3. The van der Waals surface area contributed by atoms with Gasteiger partial charge >= 0.3 is 0 Å². The van der Waals surface area contributed by atoms with Crippen LogP contribution in [-0.2, 0) is 21.4 Å². The molecule has 22 heavy (non-hydrogen) atoms. The molecule has 0 spiro atoms. The van der Waals surface area contributed by atoms with Gasteiger partial charge in [0, 0.05) is 24.5 Å². The van der Waals surface area contributed by atoms with Crippen molar-refractivity contribution in [3.05, 3.63) is 16.6 Å². The highest BCUT2D eigenvalue weighted by Crippen LogP contribution is 2.31. The largest absolute Gasteiger partial charge is 0.332 e. The normalized spacial score (nSPS) is 26.4. The van der Waals surface area contributed by atoms with E-state index in [0.29, 0.717) is 26.1 Å². The lowest BCUT2D eigenvalue weighted by Gasteiger charge is -2.35. The number of nitrogens with zero attached hydrogens (tertiary/aromatic N) is 3. The van der Waals surface area contributed by atoms with Crippen LogP contribution in [-0.4, -0.2) is 53.4 Å². The monoisotopic (exact) mass is 343 g/mol. The third-order valence-corrected chi connectivity index (χ3v) is 7.08. The molecule has 2 bridgehead atoms. The van der Waals surface area contributed by atoms with Gasteiger partial charge in [-0.3, -0.25) is 4.79 Å². The van der Waals surface area contributed by atoms with Crippen molar-refractivity contribution >= 4 is 27.3 Å². The first-order valence-electron chi connectivity index (χ1n) is 7.66. The van der Waals surface area contributed by atoms with E-state index in [4.69, 9.17) is 0 Å². The Morgan fingerprint density at radius 3 is 2.86 bits per heavy atom. The standard InChI is InChI=1S/C14H21N3O3S2/c1-2-5-22(19,20)16-6-11-3-4-13(8-16)17(14(11)18)7-12-9-21-10-15-12/h9-11,13H,2-8H2,1H3/t11-,13+/m0/s1. The molecule has 122 valence electrons. The summed E-state index contributed by atoms with van der Waals surface area (Å²) in [6.07, 6.45) is 2.26. The Bertz CT molecular complexity index is 630. The van der Waals surface area contributed by atoms with Gasteiger partial charge in [-0.2, -0.15) is 4.31 Å². The molecular weight excluding hydrogens is 322 g/mol. The molecule has 4 heterocycles. The maximum Gasteiger partial charge on any atom is 0.227 e. The highest BCUT2D eigenvalue weighted by molar-refractivity contribution is 7.89. The molecule has 1 amide bonds. The van der Waals surface area contributed by atoms with Crippen LogP contribution in [0.25, 0.3) is 0 Å². The van der Waals surface area contributed by atoms with Crippen LogP contribution in [0.3, 0.4) is 0 Å². The first kappa shape index (κ1) is 15.9. The van der Waals surface area contributed by atoms with Crippen LogP contribution >= 0.6 is 11.3 Å². The molecule has 0 saturated carbocycles. The van der Waals surface area contributed by atoms with Crippen LogP contribution in [0.4, 0.5) is 0 Å². The fourth-order valence-corrected chi connectivity index (χ4v) is 5.44. The first-order chi connectivity index (χ1) is 10.5. The van der Waals surface area contributed by atoms with Gasteiger partial charge in [0.2, 0.25) is 15.9 Å². The average Bonchev–Trinajstić information content (AvgIpc) is 2.82. The van der Waals surface area contributed by atoms with Crippen molar-refractivity contribution in [1.82, 2.24) is 14.2 Å². The molecule has 3 aliphatic rings. The second kappa shape index (κ2) is 6.25. The van der Waals surface area contributed by atoms with Crippen molar-refractivity contribution in [2.24, 2.45) is 5.92 Å². The minimum atomic E-state index is -3.25. The molecule has 3 aliphatic heterocycles. The summed E-state index contributed by atoms with van der Waals surface area (Å²) in [6.45, 7) is 3.12. The molecule has 0 unspecified atom stereocenters. The fraction of sp³-hybridized carbons (Fsp3) is 0.714. The van der Waals surface area contributed by atoms with Crippen LogP contribution in [0.5, 0.6) is 0 Å². The predicted molar refractivity (Wildman–Crippen MR) is 84.8 cm³/mol. The molecule has 1 aromatic heterocycles. The van der Waals surface area contributed by atoms with Crippen molar-refractivity contribution in [3.8, 4) is 0 Å². The Morgan fingerprint density at radius 1 is 1.36 bits per heavy atom. The summed E-state index contributed by atoms with van der Waals surface area (Å²) >= 11 is 1.51. The smallest absolute Gasteiger partial charge is 0.227 e. The van der Waals surface area contributed by atoms with Gasteiger partial charge in [0.05, 0.1) is 29.4 Å². The van der Waals surface area contributed by atoms with E-state index in [1.807, 2.05) is 17.2 Å². The van der Waals surface area contributed by atoms with Crippen LogP contribution < -0.4 is 0 Å². The quantitative estimate of drug-likeness (QED) is 0.808. The first-order valence-corrected chi connectivity index (χ1v) is 10.2. The van der Waals surface area contributed by atoms with Gasteiger partial charge in [0.25, 0.3) is 0 Å². The number of hydrogen-bond acceptors (Lipinski definition) is 5. The van der Waals surface area contributed by atoms with E-state index in [0.717, 1.165) is 18.5 Å². The summed E-state index contributed by atoms with van der Waals surface area (Å²) < 4.78 is 26.3. The van der Waals surface area contributed by atoms with Gasteiger partial charge in [-0.1, -0.05) is 6.92 Å². The van der Waals surface area contributed by atoms with Gasteiger partial charge in [0.1, 0.15) is 0 Å². The van der Waals surface area contributed by atoms with E-state index in [-0.39, 0.29) is 23.6 Å². The van der Waals surface area contributed by atoms with Crippen molar-refractivity contribution in [3.63, 3.8) is 0 Å². The van der Waals surface area contributed by atoms with E-state index in [1.54, 1.807) is 5.51 Å². The maximum atomic E-state index is 12.6. The van der Waals surface area contributed by atoms with Crippen LogP contribution in [0.2, 0.25) is 0 Å². The molecule has 3 fully saturated rings. The van der Waals surface area contributed by atoms with Gasteiger partial charge in [-0.05, 0) is 19.3 Å². The number of sulfonamides is 1. The zero-order valence-electron chi connectivity index (χ0n) is 12.6. The number of amides is 1. The molecule has 1 aromatic rings. The van der Waals surface area contributed by atoms with Crippen LogP contribution in [0, 0.1) is 5.92 Å². The van der Waals surface area contributed by atoms with Crippen LogP contribution in [0.15, 0.2) is 10.9 Å². The summed E-state index contributed by atoms with van der Waals surface area (Å²) in [5, 5.41) is 1.94. The highest BCUT2D eigenvalue weighted by Gasteiger charge is 2.43. The Hall–Kier alpha value is -0.990. The number of fused-ring (bicyclic) bond motifs is 4. The van der Waals surface area contributed by atoms with Gasteiger partial charge in [-0.25, -0.2) is 13.4 Å². The Labute approximate surface area is 135 Å². The molecule has 8 heteroatoms. The average molecular weight is 343 g/mol. The number of hydrogen-bond donors (Lipinski definition) is 0. The topological polar surface area (TPSA) is 70.6 Å². The lowest BCUT2D eigenvalue weighted by Crippen LogP contribution is -2.47. The second-order valence-corrected chi connectivity index (χ2v) is 8.81. The van der Waals surface area contributed by atoms with E-state index in [9.17, 15) is 13.2 Å². The van der Waals surface area contributed by atoms with Gasteiger partial charge in [0.15, 0.2) is 0 Å². The van der Waals surface area contributed by atoms with Gasteiger partial charge < -0.3 is 4.90 Å². The van der Waals surface area contributed by atoms with Crippen LogP contribution in [0.1, 0.15) is 31.9 Å². The van der Waals surface area contributed by atoms with E-state index < -0.39 is 10.0 Å². The number of rotatable bonds is 5. The van der Waals surface area contributed by atoms with E-state index >= 15 is 0 Å². The number of aromatic nitrogens is 1. The number of piperidine rings is 1. The molecule has 4 rings (SSSR count). The third-order valence-electron chi connectivity index (χ3n) is 4.43. The Balaban J connectivity index is 1.81. The molecule has 2 atom stereocenters. The van der Waals surface area contributed by atoms with Crippen molar-refractivity contribution in [2.45, 2.75) is 38.8 Å². The lowest BCUT2D eigenvalue weighted by molar-refractivity contribution is -0.140. The summed E-state index contributed by atoms with van der Waals surface area (Å²) in [6, 6.07) is -0.0282. The molecule has 0 radical (unpaired) electrons. The molecular formula is C14H21N3O3S2. The maximum absolute atomic E-state index is 12.6. The molecule has 6 nitrogen and oxygen atoms in total. The highest BCUT2D eigenvalue weighted by atomic mass is 32.2. The fourth-order valence-electron chi connectivity index (χ4n) is 3.31. The third kappa shape index (κ3) is 3.04.